The molecule has 82 valence electrons. The summed E-state index contributed by atoms with van der Waals surface area (Å²) in [5.74, 6) is -0.831. The van der Waals surface area contributed by atoms with E-state index in [4.69, 9.17) is 9.47 Å². The van der Waals surface area contributed by atoms with Crippen molar-refractivity contribution >= 4 is 11.9 Å². The molecule has 0 bridgehead atoms. The molecule has 0 aliphatic heterocycles. The van der Waals surface area contributed by atoms with Gasteiger partial charge in [0.15, 0.2) is 0 Å². The van der Waals surface area contributed by atoms with Crippen LogP contribution < -0.4 is 5.32 Å². The third-order valence-electron chi connectivity index (χ3n) is 1.60. The summed E-state index contributed by atoms with van der Waals surface area (Å²) in [5, 5.41) is 2.70. The first-order valence-electron chi connectivity index (χ1n) is 4.65. The normalized spacial score (nSPS) is 11.9. The predicted octanol–water partition coefficient (Wildman–Crippen LogP) is 0.0907. The highest BCUT2D eigenvalue weighted by Gasteiger charge is 2.21. The lowest BCUT2D eigenvalue weighted by Crippen LogP contribution is -2.37. The highest BCUT2D eigenvalue weighted by atomic mass is 16.5. The van der Waals surface area contributed by atoms with Crippen LogP contribution in [0.3, 0.4) is 0 Å². The van der Waals surface area contributed by atoms with Gasteiger partial charge in [-0.05, 0) is 20.9 Å². The van der Waals surface area contributed by atoms with Crippen LogP contribution in [0.1, 0.15) is 20.3 Å². The van der Waals surface area contributed by atoms with Gasteiger partial charge in [-0.2, -0.15) is 0 Å². The first kappa shape index (κ1) is 12.9. The third kappa shape index (κ3) is 4.81. The van der Waals surface area contributed by atoms with Crippen LogP contribution in [0.25, 0.3) is 0 Å². The van der Waals surface area contributed by atoms with Crippen LogP contribution in [0, 0.1) is 0 Å². The summed E-state index contributed by atoms with van der Waals surface area (Å²) in [6.07, 6.45) is 0.00315. The van der Waals surface area contributed by atoms with E-state index in [0.717, 1.165) is 0 Å². The molecule has 0 saturated carbocycles. The van der Waals surface area contributed by atoms with Crippen molar-refractivity contribution in [3.8, 4) is 0 Å². The lowest BCUT2D eigenvalue weighted by atomic mass is 10.2. The zero-order chi connectivity index (χ0) is 11.0. The summed E-state index contributed by atoms with van der Waals surface area (Å²) in [6, 6.07) is -0.617. The number of carbonyl (C=O) groups is 2. The van der Waals surface area contributed by atoms with Crippen molar-refractivity contribution in [2.45, 2.75) is 26.3 Å². The highest BCUT2D eigenvalue weighted by molar-refractivity contribution is 5.82. The Bertz CT molecular complexity index is 193. The Morgan fingerprint density at radius 1 is 1.21 bits per heavy atom. The highest BCUT2D eigenvalue weighted by Crippen LogP contribution is 1.97. The Labute approximate surface area is 83.8 Å². The van der Waals surface area contributed by atoms with E-state index in [-0.39, 0.29) is 6.42 Å². The molecule has 5 heteroatoms. The summed E-state index contributed by atoms with van der Waals surface area (Å²) in [6.45, 7) is 4.06. The van der Waals surface area contributed by atoms with Crippen molar-refractivity contribution in [3.05, 3.63) is 0 Å². The fraction of sp³-hybridized carbons (Fsp3) is 0.778. The lowest BCUT2D eigenvalue weighted by Gasteiger charge is -2.13. The molecule has 0 rings (SSSR count). The molecule has 1 N–H and O–H groups in total. The molecule has 0 aromatic rings. The van der Waals surface area contributed by atoms with E-state index in [0.29, 0.717) is 13.2 Å². The maximum Gasteiger partial charge on any atom is 0.323 e. The molecule has 0 heterocycles. The van der Waals surface area contributed by atoms with Gasteiger partial charge in [0.05, 0.1) is 19.6 Å². The fourth-order valence-electron chi connectivity index (χ4n) is 0.933. The molecule has 0 saturated heterocycles. The summed E-state index contributed by atoms with van der Waals surface area (Å²) in [5.41, 5.74) is 0. The van der Waals surface area contributed by atoms with E-state index in [1.165, 1.54) is 0 Å². The number of esters is 2. The topological polar surface area (TPSA) is 64.6 Å². The minimum Gasteiger partial charge on any atom is -0.466 e. The van der Waals surface area contributed by atoms with Crippen LogP contribution in [0.2, 0.25) is 0 Å². The molecular formula is C9H17NO4. The van der Waals surface area contributed by atoms with Gasteiger partial charge in [0.2, 0.25) is 0 Å². The quantitative estimate of drug-likeness (QED) is 0.620. The van der Waals surface area contributed by atoms with Gasteiger partial charge in [-0.15, -0.1) is 0 Å². The molecule has 14 heavy (non-hydrogen) atoms. The van der Waals surface area contributed by atoms with Gasteiger partial charge in [0.25, 0.3) is 0 Å². The summed E-state index contributed by atoms with van der Waals surface area (Å²) < 4.78 is 9.48. The molecule has 1 unspecified atom stereocenters. The maximum atomic E-state index is 11.2. The second-order valence-electron chi connectivity index (χ2n) is 2.60. The zero-order valence-corrected chi connectivity index (χ0v) is 8.83. The molecule has 0 fully saturated rings. The molecule has 0 amide bonds. The van der Waals surface area contributed by atoms with Crippen LogP contribution in [0.4, 0.5) is 0 Å². The van der Waals surface area contributed by atoms with Crippen molar-refractivity contribution in [2.24, 2.45) is 0 Å². The minimum absolute atomic E-state index is 0.00315. The Kier molecular flexibility index (Phi) is 6.74. The third-order valence-corrected chi connectivity index (χ3v) is 1.60. The Balaban J connectivity index is 4.01. The van der Waals surface area contributed by atoms with Gasteiger partial charge < -0.3 is 14.8 Å². The van der Waals surface area contributed by atoms with Crippen molar-refractivity contribution in [1.82, 2.24) is 5.32 Å². The van der Waals surface area contributed by atoms with Crippen molar-refractivity contribution in [1.29, 1.82) is 0 Å². The van der Waals surface area contributed by atoms with Crippen molar-refractivity contribution in [3.63, 3.8) is 0 Å². The molecule has 0 aromatic carbocycles. The number of hydrogen-bond donors (Lipinski definition) is 1. The zero-order valence-electron chi connectivity index (χ0n) is 8.83. The van der Waals surface area contributed by atoms with Crippen LogP contribution in [-0.2, 0) is 19.1 Å². The fourth-order valence-corrected chi connectivity index (χ4v) is 0.933. The Morgan fingerprint density at radius 3 is 2.21 bits per heavy atom. The molecule has 0 spiro atoms. The van der Waals surface area contributed by atoms with E-state index in [9.17, 15) is 9.59 Å². The molecule has 0 radical (unpaired) electrons. The van der Waals surface area contributed by atoms with Gasteiger partial charge in [-0.25, -0.2) is 0 Å². The van der Waals surface area contributed by atoms with Gasteiger partial charge in [0, 0.05) is 0 Å². The summed E-state index contributed by atoms with van der Waals surface area (Å²) in [4.78, 5) is 22.3. The number of hydrogen-bond acceptors (Lipinski definition) is 5. The predicted molar refractivity (Wildman–Crippen MR) is 50.7 cm³/mol. The standard InChI is InChI=1S/C9H17NO4/c1-4-13-8(11)6-7(10-3)9(12)14-5-2/h7,10H,4-6H2,1-3H3. The van der Waals surface area contributed by atoms with Crippen LogP contribution in [0.5, 0.6) is 0 Å². The second kappa shape index (κ2) is 7.32. The van der Waals surface area contributed by atoms with Gasteiger partial charge >= 0.3 is 11.9 Å². The van der Waals surface area contributed by atoms with Crippen molar-refractivity contribution < 1.29 is 19.1 Å². The number of ether oxygens (including phenoxy) is 2. The number of carbonyl (C=O) groups excluding carboxylic acids is 2. The SMILES string of the molecule is CCOC(=O)CC(NC)C(=O)OCC. The maximum absolute atomic E-state index is 11.2. The van der Waals surface area contributed by atoms with E-state index >= 15 is 0 Å². The largest absolute Gasteiger partial charge is 0.466 e. The molecule has 5 nitrogen and oxygen atoms in total. The van der Waals surface area contributed by atoms with Crippen molar-refractivity contribution in [2.75, 3.05) is 20.3 Å². The van der Waals surface area contributed by atoms with Gasteiger partial charge in [-0.1, -0.05) is 0 Å². The van der Waals surface area contributed by atoms with Crippen LogP contribution in [-0.4, -0.2) is 38.2 Å². The molecule has 0 aromatic heterocycles. The van der Waals surface area contributed by atoms with Gasteiger partial charge in [-0.3, -0.25) is 9.59 Å². The molecule has 1 atom stereocenters. The monoisotopic (exact) mass is 203 g/mol. The number of rotatable bonds is 6. The first-order valence-corrected chi connectivity index (χ1v) is 4.65. The molecular weight excluding hydrogens is 186 g/mol. The second-order valence-corrected chi connectivity index (χ2v) is 2.60. The average molecular weight is 203 g/mol. The van der Waals surface area contributed by atoms with Crippen LogP contribution >= 0.6 is 0 Å². The summed E-state index contributed by atoms with van der Waals surface area (Å²) in [7, 11) is 1.60. The van der Waals surface area contributed by atoms with Gasteiger partial charge in [0.1, 0.15) is 6.04 Å². The molecule has 0 aliphatic rings. The van der Waals surface area contributed by atoms with Crippen LogP contribution in [0.15, 0.2) is 0 Å². The van der Waals surface area contributed by atoms with E-state index in [2.05, 4.69) is 5.32 Å². The average Bonchev–Trinajstić information content (AvgIpc) is 2.15. The van der Waals surface area contributed by atoms with E-state index < -0.39 is 18.0 Å². The first-order chi connectivity index (χ1) is 6.65. The lowest BCUT2D eigenvalue weighted by molar-refractivity contribution is -0.152. The number of likely N-dealkylation sites (N-methyl/N-ethyl adjacent to an activating group) is 1. The van der Waals surface area contributed by atoms with E-state index in [1.54, 1.807) is 20.9 Å². The number of nitrogens with one attached hydrogen (secondary N) is 1. The minimum atomic E-state index is -0.617. The summed E-state index contributed by atoms with van der Waals surface area (Å²) >= 11 is 0. The van der Waals surface area contributed by atoms with E-state index in [1.807, 2.05) is 0 Å². The Hall–Kier alpha value is -1.10. The molecule has 0 aliphatic carbocycles. The smallest absolute Gasteiger partial charge is 0.323 e. The Morgan fingerprint density at radius 2 is 1.79 bits per heavy atom.